The van der Waals surface area contributed by atoms with Crippen molar-refractivity contribution in [3.8, 4) is 0 Å². The van der Waals surface area contributed by atoms with Gasteiger partial charge in [0, 0.05) is 28.5 Å². The zero-order valence-corrected chi connectivity index (χ0v) is 14.8. The monoisotopic (exact) mass is 362 g/mol. The molecule has 0 spiro atoms. The van der Waals surface area contributed by atoms with Crippen molar-refractivity contribution in [1.82, 2.24) is 14.3 Å². The number of anilines is 1. The van der Waals surface area contributed by atoms with Gasteiger partial charge in [0.1, 0.15) is 5.65 Å². The Balaban J connectivity index is 1.99. The Morgan fingerprint density at radius 2 is 1.92 bits per heavy atom. The molecule has 3 aromatic rings. The van der Waals surface area contributed by atoms with Crippen molar-refractivity contribution in [2.45, 2.75) is 6.54 Å². The summed E-state index contributed by atoms with van der Waals surface area (Å²) in [5, 5.41) is 3.73. The summed E-state index contributed by atoms with van der Waals surface area (Å²) in [6, 6.07) is 10.6. The molecular weight excluding hydrogens is 347 g/mol. The largest absolute Gasteiger partial charge is 0.320 e. The maximum Gasteiger partial charge on any atom is 0.276 e. The molecule has 1 amide bonds. The molecule has 0 radical (unpaired) electrons. The third-order valence-corrected chi connectivity index (χ3v) is 3.87. The van der Waals surface area contributed by atoms with E-state index in [1.54, 1.807) is 18.2 Å². The third kappa shape index (κ3) is 3.53. The Kier molecular flexibility index (Phi) is 4.76. The third-order valence-electron chi connectivity index (χ3n) is 3.43. The van der Waals surface area contributed by atoms with Crippen molar-refractivity contribution >= 4 is 40.4 Å². The summed E-state index contributed by atoms with van der Waals surface area (Å²) in [5.41, 5.74) is 2.46. The first-order valence-corrected chi connectivity index (χ1v) is 8.08. The normalized spacial score (nSPS) is 11.2. The van der Waals surface area contributed by atoms with Crippen molar-refractivity contribution < 1.29 is 4.79 Å². The summed E-state index contributed by atoms with van der Waals surface area (Å²) in [6.45, 7) is 0.588. The van der Waals surface area contributed by atoms with Crippen LogP contribution in [0.25, 0.3) is 5.65 Å². The summed E-state index contributed by atoms with van der Waals surface area (Å²) < 4.78 is 1.92. The van der Waals surface area contributed by atoms with Gasteiger partial charge < -0.3 is 14.6 Å². The molecule has 1 N–H and O–H groups in total. The lowest BCUT2D eigenvalue weighted by Crippen LogP contribution is -2.19. The van der Waals surface area contributed by atoms with Crippen molar-refractivity contribution in [2.75, 3.05) is 19.4 Å². The Morgan fingerprint density at radius 3 is 2.58 bits per heavy atom. The van der Waals surface area contributed by atoms with Gasteiger partial charge in [0.2, 0.25) is 0 Å². The average Bonchev–Trinajstić information content (AvgIpc) is 2.84. The molecular formula is C17H16Cl2N4O. The number of nitrogens with zero attached hydrogens (tertiary/aromatic N) is 3. The predicted octanol–water partition coefficient (Wildman–Crippen LogP) is 3.96. The Hall–Kier alpha value is -2.08. The summed E-state index contributed by atoms with van der Waals surface area (Å²) in [6.07, 6.45) is 1.90. The second kappa shape index (κ2) is 6.81. The SMILES string of the molecule is CN(C)Cc1c(C(=O)Nc2cc(Cl)cc(Cl)c2)nc2ccccn12. The average molecular weight is 363 g/mol. The number of hydrogen-bond donors (Lipinski definition) is 1. The van der Waals surface area contributed by atoms with Gasteiger partial charge in [-0.2, -0.15) is 0 Å². The highest BCUT2D eigenvalue weighted by atomic mass is 35.5. The summed E-state index contributed by atoms with van der Waals surface area (Å²) in [7, 11) is 3.89. The number of carbonyl (C=O) groups excluding carboxylic acids is 1. The van der Waals surface area contributed by atoms with Gasteiger partial charge in [-0.05, 0) is 44.4 Å². The number of aromatic nitrogens is 2. The lowest BCUT2D eigenvalue weighted by atomic mass is 10.2. The van der Waals surface area contributed by atoms with E-state index in [-0.39, 0.29) is 5.91 Å². The molecule has 0 saturated carbocycles. The van der Waals surface area contributed by atoms with Crippen LogP contribution in [0, 0.1) is 0 Å². The number of benzene rings is 1. The maximum absolute atomic E-state index is 12.7. The van der Waals surface area contributed by atoms with Crippen molar-refractivity contribution in [3.63, 3.8) is 0 Å². The highest BCUT2D eigenvalue weighted by Crippen LogP contribution is 2.23. The molecule has 5 nitrogen and oxygen atoms in total. The van der Waals surface area contributed by atoms with Gasteiger partial charge in [-0.15, -0.1) is 0 Å². The first kappa shape index (κ1) is 16.8. The molecule has 0 atom stereocenters. The fourth-order valence-corrected chi connectivity index (χ4v) is 3.02. The second-order valence-electron chi connectivity index (χ2n) is 5.69. The van der Waals surface area contributed by atoms with E-state index in [2.05, 4.69) is 10.3 Å². The van der Waals surface area contributed by atoms with Gasteiger partial charge in [-0.3, -0.25) is 4.79 Å². The highest BCUT2D eigenvalue weighted by molar-refractivity contribution is 6.35. The van der Waals surface area contributed by atoms with Gasteiger partial charge in [0.25, 0.3) is 5.91 Å². The van der Waals surface area contributed by atoms with Crippen LogP contribution in [-0.2, 0) is 6.54 Å². The van der Waals surface area contributed by atoms with Gasteiger partial charge in [0.15, 0.2) is 5.69 Å². The zero-order chi connectivity index (χ0) is 17.3. The number of fused-ring (bicyclic) bond motifs is 1. The Labute approximate surface area is 149 Å². The van der Waals surface area contributed by atoms with E-state index in [4.69, 9.17) is 23.2 Å². The van der Waals surface area contributed by atoms with E-state index < -0.39 is 0 Å². The number of halogens is 2. The summed E-state index contributed by atoms with van der Waals surface area (Å²) in [4.78, 5) is 19.2. The molecule has 3 rings (SSSR count). The van der Waals surface area contributed by atoms with Crippen molar-refractivity contribution in [1.29, 1.82) is 0 Å². The quantitative estimate of drug-likeness (QED) is 0.764. The first-order valence-electron chi connectivity index (χ1n) is 7.32. The molecule has 0 saturated heterocycles. The number of nitrogens with one attached hydrogen (secondary N) is 1. The van der Waals surface area contributed by atoms with Crippen LogP contribution in [0.3, 0.4) is 0 Å². The second-order valence-corrected chi connectivity index (χ2v) is 6.56. The van der Waals surface area contributed by atoms with E-state index in [0.29, 0.717) is 28.0 Å². The van der Waals surface area contributed by atoms with Crippen LogP contribution in [-0.4, -0.2) is 34.3 Å². The fourth-order valence-electron chi connectivity index (χ4n) is 2.50. The number of amides is 1. The van der Waals surface area contributed by atoms with E-state index >= 15 is 0 Å². The van der Waals surface area contributed by atoms with Gasteiger partial charge >= 0.3 is 0 Å². The molecule has 2 aromatic heterocycles. The van der Waals surface area contributed by atoms with Crippen molar-refractivity contribution in [2.24, 2.45) is 0 Å². The molecule has 1 aromatic carbocycles. The Bertz CT molecular complexity index is 884. The topological polar surface area (TPSA) is 49.6 Å². The van der Waals surface area contributed by atoms with Gasteiger partial charge in [-0.25, -0.2) is 4.98 Å². The summed E-state index contributed by atoms with van der Waals surface area (Å²) >= 11 is 12.0. The van der Waals surface area contributed by atoms with E-state index in [0.717, 1.165) is 11.3 Å². The molecule has 0 aliphatic heterocycles. The highest BCUT2D eigenvalue weighted by Gasteiger charge is 2.19. The number of pyridine rings is 1. The van der Waals surface area contributed by atoms with E-state index in [1.165, 1.54) is 0 Å². The van der Waals surface area contributed by atoms with Crippen LogP contribution in [0.5, 0.6) is 0 Å². The van der Waals surface area contributed by atoms with Crippen LogP contribution in [0.1, 0.15) is 16.2 Å². The molecule has 0 bridgehead atoms. The minimum absolute atomic E-state index is 0.297. The number of carbonyl (C=O) groups is 1. The fraction of sp³-hybridized carbons (Fsp3) is 0.176. The minimum atomic E-state index is -0.297. The van der Waals surface area contributed by atoms with Crippen LogP contribution in [0.15, 0.2) is 42.6 Å². The molecule has 0 aliphatic rings. The standard InChI is InChI=1S/C17H16Cl2N4O/c1-22(2)10-14-16(21-15-5-3-4-6-23(14)15)17(24)20-13-8-11(18)7-12(19)9-13/h3-9H,10H2,1-2H3,(H,20,24). The smallest absolute Gasteiger partial charge is 0.276 e. The van der Waals surface area contributed by atoms with Crippen LogP contribution >= 0.6 is 23.2 Å². The lowest BCUT2D eigenvalue weighted by Gasteiger charge is -2.11. The molecule has 0 aliphatic carbocycles. The Morgan fingerprint density at radius 1 is 1.21 bits per heavy atom. The lowest BCUT2D eigenvalue weighted by molar-refractivity contribution is 0.102. The first-order chi connectivity index (χ1) is 11.4. The molecule has 124 valence electrons. The summed E-state index contributed by atoms with van der Waals surface area (Å²) in [5.74, 6) is -0.297. The number of rotatable bonds is 4. The zero-order valence-electron chi connectivity index (χ0n) is 13.3. The molecule has 24 heavy (non-hydrogen) atoms. The van der Waals surface area contributed by atoms with Crippen molar-refractivity contribution in [3.05, 3.63) is 64.0 Å². The van der Waals surface area contributed by atoms with E-state index in [9.17, 15) is 4.79 Å². The van der Waals surface area contributed by atoms with Crippen LogP contribution in [0.2, 0.25) is 10.0 Å². The molecule has 2 heterocycles. The number of imidazole rings is 1. The van der Waals surface area contributed by atoms with Crippen LogP contribution < -0.4 is 5.32 Å². The maximum atomic E-state index is 12.7. The molecule has 7 heteroatoms. The van der Waals surface area contributed by atoms with E-state index in [1.807, 2.05) is 47.8 Å². The molecule has 0 fully saturated rings. The predicted molar refractivity (Wildman–Crippen MR) is 97.0 cm³/mol. The van der Waals surface area contributed by atoms with Gasteiger partial charge in [0.05, 0.1) is 5.69 Å². The van der Waals surface area contributed by atoms with Gasteiger partial charge in [-0.1, -0.05) is 29.3 Å². The van der Waals surface area contributed by atoms with Crippen LogP contribution in [0.4, 0.5) is 5.69 Å². The molecule has 0 unspecified atom stereocenters. The minimum Gasteiger partial charge on any atom is -0.320 e. The number of hydrogen-bond acceptors (Lipinski definition) is 3.